The molecule has 6 heteroatoms. The highest BCUT2D eigenvalue weighted by atomic mass is 16.5. The SMILES string of the molecule is Cc1ccnc([C@H]2CCN(C(=O)COc3cccnc3)C2)n1. The predicted octanol–water partition coefficient (Wildman–Crippen LogP) is 1.57. The number of amides is 1. The first-order valence-corrected chi connectivity index (χ1v) is 7.32. The standard InChI is InChI=1S/C16H18N4O2/c1-12-4-7-18-16(19-12)13-5-8-20(10-13)15(21)11-22-14-3-2-6-17-9-14/h2-4,6-7,9,13H,5,8,10-11H2,1H3/t13-/m0/s1. The molecular weight excluding hydrogens is 280 g/mol. The molecule has 2 aromatic rings. The van der Waals surface area contributed by atoms with Gasteiger partial charge in [-0.05, 0) is 31.5 Å². The molecule has 1 amide bonds. The summed E-state index contributed by atoms with van der Waals surface area (Å²) in [5, 5.41) is 0. The van der Waals surface area contributed by atoms with Crippen LogP contribution in [0.2, 0.25) is 0 Å². The summed E-state index contributed by atoms with van der Waals surface area (Å²) in [6.45, 7) is 3.35. The van der Waals surface area contributed by atoms with Gasteiger partial charge in [0.25, 0.3) is 5.91 Å². The summed E-state index contributed by atoms with van der Waals surface area (Å²) in [6.07, 6.45) is 5.93. The number of ether oxygens (including phenoxy) is 1. The van der Waals surface area contributed by atoms with Gasteiger partial charge < -0.3 is 9.64 Å². The lowest BCUT2D eigenvalue weighted by atomic mass is 10.1. The number of rotatable bonds is 4. The van der Waals surface area contributed by atoms with Crippen LogP contribution in [-0.2, 0) is 4.79 Å². The van der Waals surface area contributed by atoms with Crippen molar-refractivity contribution in [3.63, 3.8) is 0 Å². The lowest BCUT2D eigenvalue weighted by Gasteiger charge is -2.16. The number of carbonyl (C=O) groups excluding carboxylic acids is 1. The van der Waals surface area contributed by atoms with Crippen molar-refractivity contribution in [1.82, 2.24) is 19.9 Å². The molecule has 0 aliphatic carbocycles. The summed E-state index contributed by atoms with van der Waals surface area (Å²) in [5.74, 6) is 1.62. The minimum atomic E-state index is -0.0148. The van der Waals surface area contributed by atoms with Gasteiger partial charge in [0.05, 0.1) is 6.20 Å². The first-order valence-electron chi connectivity index (χ1n) is 7.32. The van der Waals surface area contributed by atoms with Crippen molar-refractivity contribution in [3.05, 3.63) is 48.3 Å². The van der Waals surface area contributed by atoms with Crippen LogP contribution in [0.25, 0.3) is 0 Å². The lowest BCUT2D eigenvalue weighted by Crippen LogP contribution is -2.33. The van der Waals surface area contributed by atoms with E-state index in [1.807, 2.05) is 17.9 Å². The quantitative estimate of drug-likeness (QED) is 0.857. The molecule has 0 radical (unpaired) electrons. The maximum atomic E-state index is 12.2. The molecule has 1 aliphatic heterocycles. The molecule has 2 aromatic heterocycles. The number of pyridine rings is 1. The van der Waals surface area contributed by atoms with E-state index >= 15 is 0 Å². The minimum absolute atomic E-state index is 0.0148. The van der Waals surface area contributed by atoms with E-state index in [-0.39, 0.29) is 18.4 Å². The Hall–Kier alpha value is -2.50. The van der Waals surface area contributed by atoms with Crippen LogP contribution in [0.1, 0.15) is 23.9 Å². The molecule has 0 bridgehead atoms. The van der Waals surface area contributed by atoms with E-state index in [4.69, 9.17) is 4.74 Å². The minimum Gasteiger partial charge on any atom is -0.482 e. The molecule has 1 fully saturated rings. The van der Waals surface area contributed by atoms with E-state index in [9.17, 15) is 4.79 Å². The number of aromatic nitrogens is 3. The third kappa shape index (κ3) is 3.39. The van der Waals surface area contributed by atoms with Crippen molar-refractivity contribution in [1.29, 1.82) is 0 Å². The number of hydrogen-bond acceptors (Lipinski definition) is 5. The van der Waals surface area contributed by atoms with Crippen LogP contribution < -0.4 is 4.74 Å². The molecule has 6 nitrogen and oxygen atoms in total. The largest absolute Gasteiger partial charge is 0.482 e. The Morgan fingerprint density at radius 1 is 1.41 bits per heavy atom. The average molecular weight is 298 g/mol. The van der Waals surface area contributed by atoms with Crippen LogP contribution in [0.5, 0.6) is 5.75 Å². The first-order chi connectivity index (χ1) is 10.7. The Bertz CT molecular complexity index is 648. The highest BCUT2D eigenvalue weighted by Gasteiger charge is 2.29. The molecule has 22 heavy (non-hydrogen) atoms. The fourth-order valence-electron chi connectivity index (χ4n) is 2.53. The van der Waals surface area contributed by atoms with Gasteiger partial charge in [-0.25, -0.2) is 9.97 Å². The predicted molar refractivity (Wildman–Crippen MR) is 80.4 cm³/mol. The smallest absolute Gasteiger partial charge is 0.260 e. The summed E-state index contributed by atoms with van der Waals surface area (Å²) >= 11 is 0. The molecule has 1 aliphatic rings. The molecule has 114 valence electrons. The van der Waals surface area contributed by atoms with E-state index in [0.29, 0.717) is 12.3 Å². The number of nitrogens with zero attached hydrogens (tertiary/aromatic N) is 4. The highest BCUT2D eigenvalue weighted by molar-refractivity contribution is 5.78. The zero-order chi connectivity index (χ0) is 15.4. The van der Waals surface area contributed by atoms with Gasteiger partial charge in [0.2, 0.25) is 0 Å². The van der Waals surface area contributed by atoms with Crippen molar-refractivity contribution in [3.8, 4) is 5.75 Å². The third-order valence-corrected chi connectivity index (χ3v) is 3.72. The molecule has 3 heterocycles. The van der Waals surface area contributed by atoms with Crippen LogP contribution in [0, 0.1) is 6.92 Å². The third-order valence-electron chi connectivity index (χ3n) is 3.72. The van der Waals surface area contributed by atoms with Gasteiger partial charge in [-0.15, -0.1) is 0 Å². The van der Waals surface area contributed by atoms with Crippen LogP contribution in [0.3, 0.4) is 0 Å². The molecule has 0 unspecified atom stereocenters. The van der Waals surface area contributed by atoms with Gasteiger partial charge in [-0.3, -0.25) is 9.78 Å². The molecule has 1 atom stereocenters. The molecule has 0 aromatic carbocycles. The molecule has 3 rings (SSSR count). The lowest BCUT2D eigenvalue weighted by molar-refractivity contribution is -0.132. The van der Waals surface area contributed by atoms with E-state index in [1.54, 1.807) is 30.7 Å². The van der Waals surface area contributed by atoms with Gasteiger partial charge in [-0.1, -0.05) is 0 Å². The van der Waals surface area contributed by atoms with Crippen LogP contribution in [0.15, 0.2) is 36.8 Å². The van der Waals surface area contributed by atoms with Gasteiger partial charge in [-0.2, -0.15) is 0 Å². The second-order valence-corrected chi connectivity index (χ2v) is 5.36. The molecule has 0 saturated carbocycles. The second kappa shape index (κ2) is 6.51. The summed E-state index contributed by atoms with van der Waals surface area (Å²) in [6, 6.07) is 5.44. The van der Waals surface area contributed by atoms with Crippen molar-refractivity contribution < 1.29 is 9.53 Å². The number of hydrogen-bond donors (Lipinski definition) is 0. The zero-order valence-corrected chi connectivity index (χ0v) is 12.5. The fourth-order valence-corrected chi connectivity index (χ4v) is 2.53. The van der Waals surface area contributed by atoms with Crippen molar-refractivity contribution >= 4 is 5.91 Å². The molecule has 0 N–H and O–H groups in total. The normalized spacial score (nSPS) is 17.5. The topological polar surface area (TPSA) is 68.2 Å². The van der Waals surface area contributed by atoms with E-state index in [2.05, 4.69) is 15.0 Å². The van der Waals surface area contributed by atoms with Gasteiger partial charge in [0, 0.05) is 37.1 Å². The number of aryl methyl sites for hydroxylation is 1. The Kier molecular flexibility index (Phi) is 4.27. The number of carbonyl (C=O) groups is 1. The fraction of sp³-hybridized carbons (Fsp3) is 0.375. The van der Waals surface area contributed by atoms with E-state index in [1.165, 1.54) is 0 Å². The van der Waals surface area contributed by atoms with Crippen LogP contribution in [-0.4, -0.2) is 45.5 Å². The van der Waals surface area contributed by atoms with Crippen molar-refractivity contribution in [2.45, 2.75) is 19.3 Å². The van der Waals surface area contributed by atoms with Crippen LogP contribution in [0.4, 0.5) is 0 Å². The number of likely N-dealkylation sites (tertiary alicyclic amines) is 1. The Balaban J connectivity index is 1.55. The van der Waals surface area contributed by atoms with Gasteiger partial charge >= 0.3 is 0 Å². The summed E-state index contributed by atoms with van der Waals surface area (Å²) < 4.78 is 5.46. The average Bonchev–Trinajstić information content (AvgIpc) is 3.04. The Morgan fingerprint density at radius 2 is 2.32 bits per heavy atom. The van der Waals surface area contributed by atoms with Gasteiger partial charge in [0.1, 0.15) is 11.6 Å². The monoisotopic (exact) mass is 298 g/mol. The summed E-state index contributed by atoms with van der Waals surface area (Å²) in [5.41, 5.74) is 0.953. The first kappa shape index (κ1) is 14.4. The second-order valence-electron chi connectivity index (χ2n) is 5.36. The Morgan fingerprint density at radius 3 is 3.09 bits per heavy atom. The van der Waals surface area contributed by atoms with Gasteiger partial charge in [0.15, 0.2) is 6.61 Å². The maximum Gasteiger partial charge on any atom is 0.260 e. The van der Waals surface area contributed by atoms with Crippen molar-refractivity contribution in [2.75, 3.05) is 19.7 Å². The van der Waals surface area contributed by atoms with Crippen LogP contribution >= 0.6 is 0 Å². The van der Waals surface area contributed by atoms with Crippen molar-refractivity contribution in [2.24, 2.45) is 0 Å². The summed E-state index contributed by atoms with van der Waals surface area (Å²) in [4.78, 5) is 26.7. The maximum absolute atomic E-state index is 12.2. The molecular formula is C16H18N4O2. The van der Waals surface area contributed by atoms with E-state index in [0.717, 1.165) is 24.5 Å². The Labute approximate surface area is 129 Å². The molecule has 1 saturated heterocycles. The highest BCUT2D eigenvalue weighted by Crippen LogP contribution is 2.24. The zero-order valence-electron chi connectivity index (χ0n) is 12.5. The summed E-state index contributed by atoms with van der Waals surface area (Å²) in [7, 11) is 0. The van der Waals surface area contributed by atoms with E-state index < -0.39 is 0 Å². The molecule has 0 spiro atoms.